The van der Waals surface area contributed by atoms with Gasteiger partial charge in [0.25, 0.3) is 5.91 Å². The largest absolute Gasteiger partial charge is 0.491 e. The molecule has 0 unspecified atom stereocenters. The van der Waals surface area contributed by atoms with Gasteiger partial charge in [0.1, 0.15) is 29.7 Å². The molecule has 0 radical (unpaired) electrons. The fourth-order valence-electron chi connectivity index (χ4n) is 2.90. The molecule has 0 aliphatic heterocycles. The quantitative estimate of drug-likeness (QED) is 0.169. The second-order valence-corrected chi connectivity index (χ2v) is 9.52. The van der Waals surface area contributed by atoms with E-state index in [1.165, 1.54) is 9.65 Å². The van der Waals surface area contributed by atoms with Crippen LogP contribution in [0.3, 0.4) is 0 Å². The van der Waals surface area contributed by atoms with Crippen LogP contribution in [-0.2, 0) is 11.4 Å². The number of nitriles is 1. The number of nitrogens with zero attached hydrogens (tertiary/aromatic N) is 1. The van der Waals surface area contributed by atoms with Crippen LogP contribution in [0.1, 0.15) is 25.0 Å². The number of nitrogens with one attached hydrogen (secondary N) is 1. The first-order valence-corrected chi connectivity index (χ1v) is 12.1. The molecule has 1 N–H and O–H groups in total. The molecule has 0 atom stereocenters. The van der Waals surface area contributed by atoms with E-state index >= 15 is 0 Å². The van der Waals surface area contributed by atoms with Crippen molar-refractivity contribution in [2.45, 2.75) is 26.6 Å². The zero-order valence-corrected chi connectivity index (χ0v) is 21.9. The van der Waals surface area contributed by atoms with Gasteiger partial charge in [0.15, 0.2) is 0 Å². The normalized spacial score (nSPS) is 11.1. The number of hydrogen-bond donors (Lipinski definition) is 1. The summed E-state index contributed by atoms with van der Waals surface area (Å²) in [4.78, 5) is 12.6. The SMILES string of the molecule is CC(C)Oc1cccc(NC(=O)/C(C#N)=C\c2ccc(OCc3ccc(I)cc3)c(Br)c2)c1. The Hall–Kier alpha value is -2.83. The lowest BCUT2D eigenvalue weighted by Crippen LogP contribution is -2.13. The Morgan fingerprint density at radius 2 is 1.91 bits per heavy atom. The fourth-order valence-corrected chi connectivity index (χ4v) is 3.77. The Labute approximate surface area is 215 Å². The molecular weight excluding hydrogens is 595 g/mol. The van der Waals surface area contributed by atoms with E-state index in [9.17, 15) is 10.1 Å². The number of anilines is 1. The molecule has 0 bridgehead atoms. The third kappa shape index (κ3) is 7.62. The smallest absolute Gasteiger partial charge is 0.266 e. The van der Waals surface area contributed by atoms with E-state index in [1.54, 1.807) is 24.3 Å². The molecule has 3 aromatic rings. The van der Waals surface area contributed by atoms with Gasteiger partial charge in [-0.05, 0) is 106 Å². The van der Waals surface area contributed by atoms with Gasteiger partial charge in [-0.25, -0.2) is 0 Å². The molecule has 0 heterocycles. The summed E-state index contributed by atoms with van der Waals surface area (Å²) in [7, 11) is 0. The van der Waals surface area contributed by atoms with Crippen molar-refractivity contribution in [3.8, 4) is 17.6 Å². The van der Waals surface area contributed by atoms with Gasteiger partial charge in [-0.2, -0.15) is 5.26 Å². The van der Waals surface area contributed by atoms with Crippen LogP contribution in [0.4, 0.5) is 5.69 Å². The van der Waals surface area contributed by atoms with Crippen molar-refractivity contribution in [3.63, 3.8) is 0 Å². The molecule has 5 nitrogen and oxygen atoms in total. The highest BCUT2D eigenvalue weighted by Crippen LogP contribution is 2.28. The predicted octanol–water partition coefficient (Wildman–Crippen LogP) is 6.97. The lowest BCUT2D eigenvalue weighted by Gasteiger charge is -2.11. The van der Waals surface area contributed by atoms with Crippen LogP contribution < -0.4 is 14.8 Å². The predicted molar refractivity (Wildman–Crippen MR) is 142 cm³/mol. The number of amides is 1. The van der Waals surface area contributed by atoms with Crippen molar-refractivity contribution in [1.82, 2.24) is 0 Å². The van der Waals surface area contributed by atoms with Crippen LogP contribution in [0.5, 0.6) is 11.5 Å². The Bertz CT molecular complexity index is 1200. The van der Waals surface area contributed by atoms with Gasteiger partial charge < -0.3 is 14.8 Å². The van der Waals surface area contributed by atoms with E-state index < -0.39 is 5.91 Å². The summed E-state index contributed by atoms with van der Waals surface area (Å²) >= 11 is 5.77. The molecule has 0 aromatic heterocycles. The number of carbonyl (C=O) groups excluding carboxylic acids is 1. The molecule has 1 amide bonds. The molecule has 0 saturated carbocycles. The van der Waals surface area contributed by atoms with Gasteiger partial charge in [0.05, 0.1) is 10.6 Å². The topological polar surface area (TPSA) is 71.3 Å². The summed E-state index contributed by atoms with van der Waals surface area (Å²) < 4.78 is 13.4. The van der Waals surface area contributed by atoms with Crippen LogP contribution in [-0.4, -0.2) is 12.0 Å². The number of ether oxygens (including phenoxy) is 2. The summed E-state index contributed by atoms with van der Waals surface area (Å²) in [6.45, 7) is 4.30. The van der Waals surface area contributed by atoms with E-state index in [0.29, 0.717) is 29.4 Å². The summed E-state index contributed by atoms with van der Waals surface area (Å²) in [5.74, 6) is 0.833. The number of rotatable bonds is 8. The molecule has 0 fully saturated rings. The number of halogens is 2. The van der Waals surface area contributed by atoms with E-state index in [-0.39, 0.29) is 11.7 Å². The first-order chi connectivity index (χ1) is 15.8. The molecule has 168 valence electrons. The summed E-state index contributed by atoms with van der Waals surface area (Å²) in [6.07, 6.45) is 1.56. The average Bonchev–Trinajstić information content (AvgIpc) is 2.77. The highest BCUT2D eigenvalue weighted by atomic mass is 127. The van der Waals surface area contributed by atoms with Crippen molar-refractivity contribution in [1.29, 1.82) is 5.26 Å². The maximum Gasteiger partial charge on any atom is 0.266 e. The van der Waals surface area contributed by atoms with Gasteiger partial charge in [-0.1, -0.05) is 24.3 Å². The Balaban J connectivity index is 1.68. The minimum absolute atomic E-state index is 0.00959. The molecule has 3 aromatic carbocycles. The second-order valence-electron chi connectivity index (χ2n) is 7.42. The zero-order valence-electron chi connectivity index (χ0n) is 18.1. The second kappa shape index (κ2) is 11.9. The summed E-state index contributed by atoms with van der Waals surface area (Å²) in [5, 5.41) is 12.3. The van der Waals surface area contributed by atoms with Crippen LogP contribution in [0, 0.1) is 14.9 Å². The highest BCUT2D eigenvalue weighted by molar-refractivity contribution is 14.1. The number of benzene rings is 3. The van der Waals surface area contributed by atoms with Crippen LogP contribution in [0.25, 0.3) is 6.08 Å². The van der Waals surface area contributed by atoms with Crippen molar-refractivity contribution in [3.05, 3.63) is 91.5 Å². The lowest BCUT2D eigenvalue weighted by atomic mass is 10.1. The van der Waals surface area contributed by atoms with Gasteiger partial charge in [-0.15, -0.1) is 0 Å². The van der Waals surface area contributed by atoms with E-state index in [2.05, 4.69) is 43.8 Å². The Kier molecular flexibility index (Phi) is 8.92. The molecule has 33 heavy (non-hydrogen) atoms. The summed E-state index contributed by atoms with van der Waals surface area (Å²) in [5.41, 5.74) is 2.31. The van der Waals surface area contributed by atoms with Crippen LogP contribution in [0.15, 0.2) is 76.8 Å². The zero-order chi connectivity index (χ0) is 23.8. The minimum Gasteiger partial charge on any atom is -0.491 e. The third-order valence-electron chi connectivity index (χ3n) is 4.40. The minimum atomic E-state index is -0.491. The average molecular weight is 617 g/mol. The molecule has 3 rings (SSSR count). The Morgan fingerprint density at radius 3 is 2.58 bits per heavy atom. The standard InChI is InChI=1S/C26H22BrIN2O3/c1-17(2)33-23-5-3-4-22(14-23)30-26(31)20(15-29)12-19-8-11-25(24(27)13-19)32-16-18-6-9-21(28)10-7-18/h3-14,17H,16H2,1-2H3,(H,30,31)/b20-12-. The van der Waals surface area contributed by atoms with Crippen molar-refractivity contribution >= 4 is 56.2 Å². The third-order valence-corrected chi connectivity index (χ3v) is 5.74. The molecule has 7 heteroatoms. The maximum absolute atomic E-state index is 12.6. The van der Waals surface area contributed by atoms with E-state index in [1.807, 2.05) is 62.4 Å². The van der Waals surface area contributed by atoms with Crippen molar-refractivity contribution in [2.24, 2.45) is 0 Å². The molecule has 0 aliphatic carbocycles. The van der Waals surface area contributed by atoms with Gasteiger partial charge >= 0.3 is 0 Å². The first kappa shape index (κ1) is 24.8. The highest BCUT2D eigenvalue weighted by Gasteiger charge is 2.11. The number of hydrogen-bond acceptors (Lipinski definition) is 4. The molecule has 0 saturated heterocycles. The summed E-state index contributed by atoms with van der Waals surface area (Å²) in [6, 6.07) is 22.6. The number of carbonyl (C=O) groups is 1. The fraction of sp³-hybridized carbons (Fsp3) is 0.154. The van der Waals surface area contributed by atoms with Crippen molar-refractivity contribution in [2.75, 3.05) is 5.32 Å². The molecule has 0 aliphatic rings. The van der Waals surface area contributed by atoms with E-state index in [4.69, 9.17) is 9.47 Å². The lowest BCUT2D eigenvalue weighted by molar-refractivity contribution is -0.112. The van der Waals surface area contributed by atoms with Crippen LogP contribution in [0.2, 0.25) is 0 Å². The van der Waals surface area contributed by atoms with E-state index in [0.717, 1.165) is 10.0 Å². The monoisotopic (exact) mass is 616 g/mol. The molecular formula is C26H22BrIN2O3. The first-order valence-electron chi connectivity index (χ1n) is 10.2. The van der Waals surface area contributed by atoms with Crippen LogP contribution >= 0.6 is 38.5 Å². The molecule has 0 spiro atoms. The Morgan fingerprint density at radius 1 is 1.15 bits per heavy atom. The van der Waals surface area contributed by atoms with Gasteiger partial charge in [-0.3, -0.25) is 4.79 Å². The van der Waals surface area contributed by atoms with Crippen molar-refractivity contribution < 1.29 is 14.3 Å². The maximum atomic E-state index is 12.6. The van der Waals surface area contributed by atoms with Gasteiger partial charge in [0.2, 0.25) is 0 Å². The van der Waals surface area contributed by atoms with Gasteiger partial charge in [0, 0.05) is 15.3 Å².